The maximum atomic E-state index is 14.0. The van der Waals surface area contributed by atoms with Crippen molar-refractivity contribution in [3.05, 3.63) is 124 Å². The normalized spacial score (nSPS) is 13.5. The van der Waals surface area contributed by atoms with Crippen molar-refractivity contribution in [1.82, 2.24) is 44.9 Å². The highest BCUT2D eigenvalue weighted by Gasteiger charge is 2.30. The lowest BCUT2D eigenvalue weighted by atomic mass is 10.0. The van der Waals surface area contributed by atoms with E-state index in [1.165, 1.54) is 60.9 Å². The number of aryl methyl sites for hydroxylation is 2. The molecule has 3 aromatic carbocycles. The Hall–Kier alpha value is -8.15. The van der Waals surface area contributed by atoms with Gasteiger partial charge in [0.1, 0.15) is 17.3 Å². The molecule has 0 aliphatic heterocycles. The van der Waals surface area contributed by atoms with Gasteiger partial charge in [-0.25, -0.2) is 28.5 Å². The van der Waals surface area contributed by atoms with Crippen molar-refractivity contribution >= 4 is 46.2 Å². The minimum atomic E-state index is -4.39. The van der Waals surface area contributed by atoms with Gasteiger partial charge in [-0.1, -0.05) is 12.1 Å². The molecule has 9 rings (SSSR count). The maximum absolute atomic E-state index is 14.0. The number of hydrogen-bond donors (Lipinski definition) is 4. The molecule has 0 saturated heterocycles. The first-order chi connectivity index (χ1) is 35.6. The lowest BCUT2D eigenvalue weighted by molar-refractivity contribution is -0.132. The number of nitrogens with zero attached hydrogens (tertiary/aromatic N) is 7. The summed E-state index contributed by atoms with van der Waals surface area (Å²) >= 11 is 0. The fourth-order valence-electron chi connectivity index (χ4n) is 7.86. The SMILES string of the molecule is CON(C)C(=O)c1cc(NCCC(F)(F)F)c2ncc(-c3ccc(C(=O)NC4CC4)c(C)c3)n2n1.COc1ccc(F)cc1C(=O)c1cc(NCCC(F)(F)F)c2ncc(-c3ccc(C(=O)NC4CC4)c(C)c3)n2n1. The molecule has 4 N–H and O–H groups in total. The number of fused-ring (bicyclic) bond motifs is 2. The van der Waals surface area contributed by atoms with Crippen LogP contribution >= 0.6 is 0 Å². The molecule has 2 aliphatic carbocycles. The molecule has 0 radical (unpaired) electrons. The first-order valence-corrected chi connectivity index (χ1v) is 23.5. The van der Waals surface area contributed by atoms with E-state index in [0.717, 1.165) is 48.4 Å². The Morgan fingerprint density at radius 2 is 1.12 bits per heavy atom. The molecule has 17 nitrogen and oxygen atoms in total. The number of alkyl halides is 6. The molecule has 4 heterocycles. The average molecular weight is 1050 g/mol. The van der Waals surface area contributed by atoms with Crippen molar-refractivity contribution in [2.45, 2.75) is 76.8 Å². The number of ketones is 1. The van der Waals surface area contributed by atoms with Crippen molar-refractivity contribution in [1.29, 1.82) is 0 Å². The number of anilines is 2. The largest absolute Gasteiger partial charge is 0.496 e. The molecule has 75 heavy (non-hydrogen) atoms. The van der Waals surface area contributed by atoms with E-state index < -0.39 is 55.8 Å². The Bertz CT molecular complexity index is 3310. The summed E-state index contributed by atoms with van der Waals surface area (Å²) in [5.41, 5.74) is 5.24. The first-order valence-electron chi connectivity index (χ1n) is 23.5. The Kier molecular flexibility index (Phi) is 15.4. The van der Waals surface area contributed by atoms with E-state index in [4.69, 9.17) is 9.57 Å². The van der Waals surface area contributed by atoms with E-state index in [0.29, 0.717) is 39.2 Å². The number of nitrogens with one attached hydrogen (secondary N) is 4. The van der Waals surface area contributed by atoms with Gasteiger partial charge in [0.25, 0.3) is 17.7 Å². The summed E-state index contributed by atoms with van der Waals surface area (Å²) < 4.78 is 98.5. The van der Waals surface area contributed by atoms with Crippen LogP contribution in [-0.4, -0.2) is 117 Å². The van der Waals surface area contributed by atoms with E-state index in [-0.39, 0.29) is 69.3 Å². The Labute approximate surface area is 423 Å². The molecule has 0 bridgehead atoms. The molecule has 0 spiro atoms. The number of halogens is 7. The second-order valence-electron chi connectivity index (χ2n) is 17.9. The predicted octanol–water partition coefficient (Wildman–Crippen LogP) is 8.93. The van der Waals surface area contributed by atoms with Gasteiger partial charge in [0.05, 0.1) is 67.8 Å². The van der Waals surface area contributed by atoms with Crippen LogP contribution in [0.1, 0.15) is 96.9 Å². The van der Waals surface area contributed by atoms with E-state index >= 15 is 0 Å². The second kappa shape index (κ2) is 21.7. The van der Waals surface area contributed by atoms with Gasteiger partial charge in [0.2, 0.25) is 5.78 Å². The number of aromatic nitrogens is 6. The number of hydroxylamine groups is 2. The number of benzene rings is 3. The van der Waals surface area contributed by atoms with Gasteiger partial charge in [0, 0.05) is 54.5 Å². The van der Waals surface area contributed by atoms with Crippen molar-refractivity contribution in [2.75, 3.05) is 45.0 Å². The molecule has 2 fully saturated rings. The number of imidazole rings is 2. The summed E-state index contributed by atoms with van der Waals surface area (Å²) in [6.45, 7) is 2.74. The van der Waals surface area contributed by atoms with Gasteiger partial charge >= 0.3 is 12.4 Å². The van der Waals surface area contributed by atoms with Crippen molar-refractivity contribution in [2.24, 2.45) is 0 Å². The highest BCUT2D eigenvalue weighted by Crippen LogP contribution is 2.32. The summed E-state index contributed by atoms with van der Waals surface area (Å²) in [6, 6.07) is 16.9. The molecule has 0 unspecified atom stereocenters. The standard InChI is InChI=1S/C28H25F4N5O3.C23H25F3N6O3/c1-15-11-16(3-7-19(15)27(39)35-18-5-6-18)23-14-34-26-22(33-10-9-28(30,31)32)13-21(36-37(23)26)25(38)20-12-17(29)4-8-24(20)40-2;1-13-10-14(4-7-16(13)21(33)29-15-5-6-15)19-12-28-20-17(27-9-8-23(24,25)26)11-18(30-32(19)20)22(34)31(2)35-3/h3-4,7-8,11-14,18,33H,5-6,9-10H2,1-2H3,(H,35,39);4,7,10-12,15,27H,5-6,8-9H2,1-3H3,(H,29,33). The first kappa shape index (κ1) is 53.2. The molecule has 2 saturated carbocycles. The molecule has 7 aromatic rings. The van der Waals surface area contributed by atoms with Crippen molar-refractivity contribution in [3.63, 3.8) is 0 Å². The van der Waals surface area contributed by atoms with Crippen molar-refractivity contribution in [3.8, 4) is 28.3 Å². The Balaban J connectivity index is 0.000000201. The lowest BCUT2D eigenvalue weighted by Gasteiger charge is -2.15. The third-order valence-electron chi connectivity index (χ3n) is 12.2. The molecular formula is C51H50F7N11O6. The van der Waals surface area contributed by atoms with Crippen molar-refractivity contribution < 1.29 is 59.5 Å². The maximum Gasteiger partial charge on any atom is 0.390 e. The molecular weight excluding hydrogens is 996 g/mol. The van der Waals surface area contributed by atoms with Gasteiger partial charge in [-0.2, -0.15) is 36.5 Å². The fraction of sp³-hybridized carbons (Fsp3) is 0.333. The predicted molar refractivity (Wildman–Crippen MR) is 261 cm³/mol. The number of methoxy groups -OCH3 is 1. The van der Waals surface area contributed by atoms with Gasteiger partial charge < -0.3 is 26.0 Å². The molecule has 24 heteroatoms. The van der Waals surface area contributed by atoms with Crippen LogP contribution in [0.15, 0.2) is 79.1 Å². The Morgan fingerprint density at radius 1 is 0.653 bits per heavy atom. The minimum absolute atomic E-state index is 0.0484. The van der Waals surface area contributed by atoms with Gasteiger partial charge in [-0.05, 0) is 105 Å². The fourth-order valence-corrected chi connectivity index (χ4v) is 7.86. The molecule has 2 aliphatic rings. The lowest BCUT2D eigenvalue weighted by Crippen LogP contribution is -2.27. The minimum Gasteiger partial charge on any atom is -0.496 e. The number of amides is 3. The van der Waals surface area contributed by atoms with Gasteiger partial charge in [0.15, 0.2) is 17.0 Å². The Morgan fingerprint density at radius 3 is 1.55 bits per heavy atom. The second-order valence-corrected chi connectivity index (χ2v) is 17.9. The molecule has 3 amide bonds. The third-order valence-corrected chi connectivity index (χ3v) is 12.2. The van der Waals surface area contributed by atoms with Gasteiger partial charge in [-0.3, -0.25) is 24.0 Å². The topological polar surface area (TPSA) is 198 Å². The van der Waals surface area contributed by atoms with E-state index in [9.17, 15) is 49.9 Å². The zero-order valence-electron chi connectivity index (χ0n) is 41.0. The summed E-state index contributed by atoms with van der Waals surface area (Å²) in [7, 11) is 4.04. The van der Waals surface area contributed by atoms with Gasteiger partial charge in [-0.15, -0.1) is 0 Å². The molecule has 394 valence electrons. The van der Waals surface area contributed by atoms with Crippen LogP contribution in [0.25, 0.3) is 33.8 Å². The highest BCUT2D eigenvalue weighted by molar-refractivity contribution is 6.10. The van der Waals surface area contributed by atoms with E-state index in [1.807, 2.05) is 6.92 Å². The zero-order valence-corrected chi connectivity index (χ0v) is 41.0. The quantitative estimate of drug-likeness (QED) is 0.0384. The summed E-state index contributed by atoms with van der Waals surface area (Å²) in [4.78, 5) is 64.8. The number of rotatable bonds is 17. The van der Waals surface area contributed by atoms with E-state index in [2.05, 4.69) is 41.4 Å². The van der Waals surface area contributed by atoms with Crippen LogP contribution < -0.4 is 26.0 Å². The molecule has 4 aromatic heterocycles. The number of hydrogen-bond acceptors (Lipinski definition) is 12. The van der Waals surface area contributed by atoms with Crippen LogP contribution in [0.2, 0.25) is 0 Å². The summed E-state index contributed by atoms with van der Waals surface area (Å²) in [5, 5.41) is 21.1. The average Bonchev–Trinajstić information content (AvgIpc) is 4.29. The number of carbonyl (C=O) groups is 4. The van der Waals surface area contributed by atoms with Crippen LogP contribution in [-0.2, 0) is 4.84 Å². The van der Waals surface area contributed by atoms with Crippen LogP contribution in [0.3, 0.4) is 0 Å². The van der Waals surface area contributed by atoms with Crippen LogP contribution in [0.5, 0.6) is 5.75 Å². The van der Waals surface area contributed by atoms with Crippen LogP contribution in [0, 0.1) is 19.7 Å². The molecule has 0 atom stereocenters. The third kappa shape index (κ3) is 12.8. The smallest absolute Gasteiger partial charge is 0.390 e. The van der Waals surface area contributed by atoms with E-state index in [1.54, 1.807) is 43.3 Å². The highest BCUT2D eigenvalue weighted by atomic mass is 19.4. The van der Waals surface area contributed by atoms with Crippen LogP contribution in [0.4, 0.5) is 42.1 Å². The monoisotopic (exact) mass is 1050 g/mol. The zero-order chi connectivity index (χ0) is 53.9. The summed E-state index contributed by atoms with van der Waals surface area (Å²) in [6.07, 6.45) is -4.02. The number of carbonyl (C=O) groups excluding carboxylic acids is 4. The number of ether oxygens (including phenoxy) is 1. The summed E-state index contributed by atoms with van der Waals surface area (Å²) in [5.74, 6) is -2.15.